The predicted molar refractivity (Wildman–Crippen MR) is 70.9 cm³/mol. The second-order valence-electron chi connectivity index (χ2n) is 5.15. The van der Waals surface area contributed by atoms with Gasteiger partial charge in [-0.25, -0.2) is 9.48 Å². The molecule has 0 radical (unpaired) electrons. The van der Waals surface area contributed by atoms with Crippen LogP contribution in [-0.4, -0.2) is 26.6 Å². The Labute approximate surface area is 111 Å². The second kappa shape index (κ2) is 4.72. The average Bonchev–Trinajstić information content (AvgIpc) is 2.75. The molecule has 2 aromatic rings. The van der Waals surface area contributed by atoms with Crippen LogP contribution in [0.1, 0.15) is 31.3 Å². The Morgan fingerprint density at radius 2 is 2.11 bits per heavy atom. The van der Waals surface area contributed by atoms with Crippen LogP contribution < -0.4 is 5.73 Å². The van der Waals surface area contributed by atoms with E-state index < -0.39 is 11.6 Å². The number of carbonyl (C=O) groups excluding carboxylic acids is 1. The van der Waals surface area contributed by atoms with Crippen LogP contribution in [0.3, 0.4) is 0 Å². The Morgan fingerprint density at radius 3 is 2.74 bits per heavy atom. The molecule has 0 atom stereocenters. The minimum atomic E-state index is -0.558. The van der Waals surface area contributed by atoms with Crippen molar-refractivity contribution >= 4 is 11.7 Å². The minimum Gasteiger partial charge on any atom is -0.455 e. The molecule has 1 aromatic heterocycles. The summed E-state index contributed by atoms with van der Waals surface area (Å²) in [4.78, 5) is 11.8. The Balaban J connectivity index is 2.22. The van der Waals surface area contributed by atoms with Gasteiger partial charge in [0.25, 0.3) is 0 Å². The number of hydrogen-bond donors (Lipinski definition) is 1. The molecule has 1 aromatic carbocycles. The zero-order valence-electron chi connectivity index (χ0n) is 11.1. The van der Waals surface area contributed by atoms with Gasteiger partial charge in [-0.1, -0.05) is 11.3 Å². The SMILES string of the molecule is CC(C)(C)OC(=O)c1cn(-c2cccc(N)c2)nn1. The first-order valence-corrected chi connectivity index (χ1v) is 5.87. The number of nitrogens with zero attached hydrogens (tertiary/aromatic N) is 3. The summed E-state index contributed by atoms with van der Waals surface area (Å²) in [5, 5.41) is 7.69. The highest BCUT2D eigenvalue weighted by Crippen LogP contribution is 2.13. The minimum absolute atomic E-state index is 0.164. The van der Waals surface area contributed by atoms with Gasteiger partial charge >= 0.3 is 5.97 Å². The van der Waals surface area contributed by atoms with Crippen LogP contribution in [0.15, 0.2) is 30.5 Å². The molecule has 0 amide bonds. The van der Waals surface area contributed by atoms with Gasteiger partial charge in [0.1, 0.15) is 5.60 Å². The monoisotopic (exact) mass is 260 g/mol. The van der Waals surface area contributed by atoms with E-state index in [0.717, 1.165) is 5.69 Å². The highest BCUT2D eigenvalue weighted by molar-refractivity contribution is 5.87. The summed E-state index contributed by atoms with van der Waals surface area (Å²) in [6.45, 7) is 5.40. The van der Waals surface area contributed by atoms with Crippen molar-refractivity contribution in [2.45, 2.75) is 26.4 Å². The number of rotatable bonds is 2. The molecule has 1 heterocycles. The summed E-state index contributed by atoms with van der Waals surface area (Å²) >= 11 is 0. The summed E-state index contributed by atoms with van der Waals surface area (Å²) in [5.74, 6) is -0.498. The molecule has 0 aliphatic heterocycles. The fourth-order valence-corrected chi connectivity index (χ4v) is 1.48. The van der Waals surface area contributed by atoms with E-state index in [2.05, 4.69) is 10.3 Å². The Kier molecular flexibility index (Phi) is 3.25. The van der Waals surface area contributed by atoms with Crippen molar-refractivity contribution in [3.8, 4) is 5.69 Å². The third kappa shape index (κ3) is 3.31. The first-order chi connectivity index (χ1) is 8.85. The number of anilines is 1. The lowest BCUT2D eigenvalue weighted by molar-refractivity contribution is 0.00627. The molecule has 0 aliphatic carbocycles. The maximum Gasteiger partial charge on any atom is 0.361 e. The highest BCUT2D eigenvalue weighted by atomic mass is 16.6. The van der Waals surface area contributed by atoms with E-state index >= 15 is 0 Å². The van der Waals surface area contributed by atoms with Crippen LogP contribution in [0.25, 0.3) is 5.69 Å². The molecule has 0 bridgehead atoms. The largest absolute Gasteiger partial charge is 0.455 e. The predicted octanol–water partition coefficient (Wildman–Crippen LogP) is 1.80. The molecule has 0 spiro atoms. The number of nitrogen functional groups attached to an aromatic ring is 1. The molecule has 2 rings (SSSR count). The zero-order chi connectivity index (χ0) is 14.0. The second-order valence-corrected chi connectivity index (χ2v) is 5.15. The van der Waals surface area contributed by atoms with Gasteiger partial charge in [0.2, 0.25) is 0 Å². The van der Waals surface area contributed by atoms with E-state index in [1.165, 1.54) is 10.9 Å². The molecule has 6 nitrogen and oxygen atoms in total. The van der Waals surface area contributed by atoms with E-state index in [4.69, 9.17) is 10.5 Å². The highest BCUT2D eigenvalue weighted by Gasteiger charge is 2.20. The fourth-order valence-electron chi connectivity index (χ4n) is 1.48. The van der Waals surface area contributed by atoms with Gasteiger partial charge in [-0.3, -0.25) is 0 Å². The van der Waals surface area contributed by atoms with Gasteiger partial charge in [0.15, 0.2) is 5.69 Å². The van der Waals surface area contributed by atoms with Gasteiger partial charge < -0.3 is 10.5 Å². The van der Waals surface area contributed by atoms with Crippen molar-refractivity contribution in [3.05, 3.63) is 36.2 Å². The molecule has 0 aliphatic rings. The summed E-state index contributed by atoms with van der Waals surface area (Å²) in [7, 11) is 0. The van der Waals surface area contributed by atoms with Crippen molar-refractivity contribution in [1.29, 1.82) is 0 Å². The Morgan fingerprint density at radius 1 is 1.37 bits per heavy atom. The summed E-state index contributed by atoms with van der Waals surface area (Å²) in [6, 6.07) is 7.15. The number of benzene rings is 1. The fraction of sp³-hybridized carbons (Fsp3) is 0.308. The van der Waals surface area contributed by atoms with Crippen molar-refractivity contribution in [2.24, 2.45) is 0 Å². The summed E-state index contributed by atoms with van der Waals surface area (Å²) in [6.07, 6.45) is 1.52. The molecule has 0 unspecified atom stereocenters. The van der Waals surface area contributed by atoms with Gasteiger partial charge in [-0.2, -0.15) is 0 Å². The lowest BCUT2D eigenvalue weighted by Crippen LogP contribution is -2.24. The Hall–Kier alpha value is -2.37. The van der Waals surface area contributed by atoms with Gasteiger partial charge in [-0.15, -0.1) is 5.10 Å². The molecule has 100 valence electrons. The van der Waals surface area contributed by atoms with Gasteiger partial charge in [-0.05, 0) is 39.0 Å². The first-order valence-electron chi connectivity index (χ1n) is 5.87. The summed E-state index contributed by atoms with van der Waals surface area (Å²) < 4.78 is 6.70. The number of esters is 1. The molecular formula is C13H16N4O2. The van der Waals surface area contributed by atoms with Crippen molar-refractivity contribution in [2.75, 3.05) is 5.73 Å². The zero-order valence-corrected chi connectivity index (χ0v) is 11.1. The number of aromatic nitrogens is 3. The molecule has 0 saturated heterocycles. The van der Waals surface area contributed by atoms with E-state index in [1.54, 1.807) is 39.0 Å². The Bertz CT molecular complexity index is 599. The smallest absolute Gasteiger partial charge is 0.361 e. The van der Waals surface area contributed by atoms with Crippen molar-refractivity contribution in [3.63, 3.8) is 0 Å². The van der Waals surface area contributed by atoms with Crippen LogP contribution in [-0.2, 0) is 4.74 Å². The third-order valence-electron chi connectivity index (χ3n) is 2.24. The lowest BCUT2D eigenvalue weighted by atomic mass is 10.2. The quantitative estimate of drug-likeness (QED) is 0.657. The standard InChI is InChI=1S/C13H16N4O2/c1-13(2,3)19-12(18)11-8-17(16-15-11)10-6-4-5-9(14)7-10/h4-8H,14H2,1-3H3. The van der Waals surface area contributed by atoms with E-state index in [-0.39, 0.29) is 5.69 Å². The molecular weight excluding hydrogens is 244 g/mol. The third-order valence-corrected chi connectivity index (χ3v) is 2.24. The van der Waals surface area contributed by atoms with E-state index in [0.29, 0.717) is 5.69 Å². The molecule has 2 N–H and O–H groups in total. The van der Waals surface area contributed by atoms with Crippen molar-refractivity contribution < 1.29 is 9.53 Å². The van der Waals surface area contributed by atoms with Crippen LogP contribution >= 0.6 is 0 Å². The molecule has 0 fully saturated rings. The van der Waals surface area contributed by atoms with Gasteiger partial charge in [0, 0.05) is 5.69 Å². The molecule has 0 saturated carbocycles. The lowest BCUT2D eigenvalue weighted by Gasteiger charge is -2.18. The van der Waals surface area contributed by atoms with Crippen molar-refractivity contribution in [1.82, 2.24) is 15.0 Å². The number of ether oxygens (including phenoxy) is 1. The van der Waals surface area contributed by atoms with E-state index in [1.807, 2.05) is 6.07 Å². The summed E-state index contributed by atoms with van der Waals surface area (Å²) in [5.41, 5.74) is 6.66. The molecule has 19 heavy (non-hydrogen) atoms. The maximum absolute atomic E-state index is 11.8. The molecule has 6 heteroatoms. The average molecular weight is 260 g/mol. The first kappa shape index (κ1) is 13.1. The maximum atomic E-state index is 11.8. The van der Waals surface area contributed by atoms with Crippen LogP contribution in [0.5, 0.6) is 0 Å². The van der Waals surface area contributed by atoms with Crippen LogP contribution in [0, 0.1) is 0 Å². The van der Waals surface area contributed by atoms with Crippen LogP contribution in [0.2, 0.25) is 0 Å². The van der Waals surface area contributed by atoms with E-state index in [9.17, 15) is 4.79 Å². The number of hydrogen-bond acceptors (Lipinski definition) is 5. The van der Waals surface area contributed by atoms with Crippen LogP contribution in [0.4, 0.5) is 5.69 Å². The topological polar surface area (TPSA) is 83.0 Å². The number of nitrogens with two attached hydrogens (primary N) is 1. The number of carbonyl (C=O) groups is 1. The van der Waals surface area contributed by atoms with Gasteiger partial charge in [0.05, 0.1) is 11.9 Å². The normalized spacial score (nSPS) is 11.3.